The van der Waals surface area contributed by atoms with Crippen LogP contribution in [0.4, 0.5) is 0 Å². The Morgan fingerprint density at radius 2 is 2.00 bits per heavy atom. The van der Waals surface area contributed by atoms with E-state index in [2.05, 4.69) is 45.3 Å². The Bertz CT molecular complexity index is 922. The number of fused-ring (bicyclic) bond motifs is 2. The molecule has 0 fully saturated rings. The lowest BCUT2D eigenvalue weighted by molar-refractivity contribution is 1.22. The molecule has 4 rings (SSSR count). The van der Waals surface area contributed by atoms with Gasteiger partial charge >= 0.3 is 0 Å². The summed E-state index contributed by atoms with van der Waals surface area (Å²) in [5.74, 6) is 0. The molecule has 3 heteroatoms. The van der Waals surface area contributed by atoms with Gasteiger partial charge in [-0.25, -0.2) is 4.98 Å². The maximum Gasteiger partial charge on any atom is 0.138 e. The van der Waals surface area contributed by atoms with Crippen molar-refractivity contribution in [3.05, 3.63) is 60.6 Å². The Morgan fingerprint density at radius 3 is 2.95 bits per heavy atom. The third-order valence-corrected chi connectivity index (χ3v) is 3.59. The minimum atomic E-state index is 0.936. The molecule has 1 aromatic carbocycles. The highest BCUT2D eigenvalue weighted by Gasteiger charge is 2.07. The summed E-state index contributed by atoms with van der Waals surface area (Å²) in [5, 5.41) is 2.30. The van der Waals surface area contributed by atoms with Crippen molar-refractivity contribution in [2.45, 2.75) is 6.92 Å². The van der Waals surface area contributed by atoms with Gasteiger partial charge in [0.15, 0.2) is 0 Å². The van der Waals surface area contributed by atoms with Crippen LogP contribution in [-0.2, 0) is 0 Å². The summed E-state index contributed by atoms with van der Waals surface area (Å²) >= 11 is 0. The minimum absolute atomic E-state index is 0.936. The van der Waals surface area contributed by atoms with Gasteiger partial charge in [0.05, 0.1) is 5.52 Å². The number of benzene rings is 1. The molecule has 96 valence electrons. The minimum Gasteiger partial charge on any atom is -0.346 e. The Labute approximate surface area is 116 Å². The zero-order valence-corrected chi connectivity index (χ0v) is 11.1. The number of rotatable bonds is 1. The molecule has 0 saturated carbocycles. The first-order valence-electron chi connectivity index (χ1n) is 6.61. The normalized spacial score (nSPS) is 11.2. The highest BCUT2D eigenvalue weighted by Crippen LogP contribution is 2.29. The van der Waals surface area contributed by atoms with E-state index in [1.54, 1.807) is 0 Å². The number of hydrogen-bond donors (Lipinski definition) is 1. The number of nitrogens with zero attached hydrogens (tertiary/aromatic N) is 2. The lowest BCUT2D eigenvalue weighted by Gasteiger charge is -2.02. The van der Waals surface area contributed by atoms with Crippen LogP contribution in [0.5, 0.6) is 0 Å². The molecule has 0 atom stereocenters. The Balaban J connectivity index is 1.96. The van der Waals surface area contributed by atoms with Gasteiger partial charge < -0.3 is 4.98 Å². The second kappa shape index (κ2) is 4.17. The van der Waals surface area contributed by atoms with Crippen molar-refractivity contribution < 1.29 is 0 Å². The molecule has 0 aliphatic rings. The van der Waals surface area contributed by atoms with E-state index in [4.69, 9.17) is 0 Å². The molecule has 0 aliphatic heterocycles. The largest absolute Gasteiger partial charge is 0.346 e. The number of aromatic amines is 1. The van der Waals surface area contributed by atoms with Crippen molar-refractivity contribution in [1.82, 2.24) is 15.0 Å². The number of nitrogens with one attached hydrogen (secondary N) is 1. The molecule has 1 N–H and O–H groups in total. The fraction of sp³-hybridized carbons (Fsp3) is 0.0588. The van der Waals surface area contributed by atoms with E-state index in [0.29, 0.717) is 0 Å². The second-order valence-electron chi connectivity index (χ2n) is 4.96. The van der Waals surface area contributed by atoms with Crippen LogP contribution >= 0.6 is 0 Å². The first-order chi connectivity index (χ1) is 9.81. The van der Waals surface area contributed by atoms with Gasteiger partial charge in [-0.05, 0) is 42.8 Å². The molecule has 0 saturated heterocycles. The summed E-state index contributed by atoms with van der Waals surface area (Å²) in [5.41, 5.74) is 5.34. The van der Waals surface area contributed by atoms with Crippen LogP contribution in [0.15, 0.2) is 54.9 Å². The lowest BCUT2D eigenvalue weighted by Crippen LogP contribution is -1.82. The van der Waals surface area contributed by atoms with Gasteiger partial charge in [-0.2, -0.15) is 0 Å². The molecule has 4 aromatic rings. The maximum atomic E-state index is 4.52. The number of aromatic nitrogens is 3. The van der Waals surface area contributed by atoms with Gasteiger partial charge in [-0.1, -0.05) is 12.1 Å². The molecule has 3 heterocycles. The van der Waals surface area contributed by atoms with E-state index in [0.717, 1.165) is 27.6 Å². The molecule has 20 heavy (non-hydrogen) atoms. The van der Waals surface area contributed by atoms with Gasteiger partial charge in [-0.15, -0.1) is 0 Å². The Hall–Kier alpha value is -2.68. The molecule has 3 aromatic heterocycles. The average Bonchev–Trinajstić information content (AvgIpc) is 2.89. The van der Waals surface area contributed by atoms with Crippen LogP contribution in [0.1, 0.15) is 5.69 Å². The summed E-state index contributed by atoms with van der Waals surface area (Å²) < 4.78 is 0. The second-order valence-corrected chi connectivity index (χ2v) is 4.96. The van der Waals surface area contributed by atoms with Crippen molar-refractivity contribution in [2.75, 3.05) is 0 Å². The van der Waals surface area contributed by atoms with Crippen LogP contribution in [0, 0.1) is 6.92 Å². The van der Waals surface area contributed by atoms with E-state index in [-0.39, 0.29) is 0 Å². The Kier molecular flexibility index (Phi) is 2.33. The zero-order valence-electron chi connectivity index (χ0n) is 11.1. The molecule has 0 radical (unpaired) electrons. The van der Waals surface area contributed by atoms with Crippen LogP contribution in [0.25, 0.3) is 33.1 Å². The van der Waals surface area contributed by atoms with Crippen LogP contribution in [-0.4, -0.2) is 15.0 Å². The first-order valence-corrected chi connectivity index (χ1v) is 6.61. The third-order valence-electron chi connectivity index (χ3n) is 3.59. The van der Waals surface area contributed by atoms with Crippen LogP contribution in [0.2, 0.25) is 0 Å². The predicted molar refractivity (Wildman–Crippen MR) is 81.6 cm³/mol. The number of hydrogen-bond acceptors (Lipinski definition) is 2. The molecule has 0 amide bonds. The summed E-state index contributed by atoms with van der Waals surface area (Å²) in [7, 11) is 0. The smallest absolute Gasteiger partial charge is 0.138 e. The van der Waals surface area contributed by atoms with E-state index >= 15 is 0 Å². The highest BCUT2D eigenvalue weighted by atomic mass is 14.8. The van der Waals surface area contributed by atoms with Gasteiger partial charge in [0.2, 0.25) is 0 Å². The summed E-state index contributed by atoms with van der Waals surface area (Å²) in [6.07, 6.45) is 3.84. The predicted octanol–water partition coefficient (Wildman–Crippen LogP) is 4.09. The summed E-state index contributed by atoms with van der Waals surface area (Å²) in [4.78, 5) is 12.1. The van der Waals surface area contributed by atoms with Crippen molar-refractivity contribution in [3.8, 4) is 11.1 Å². The van der Waals surface area contributed by atoms with E-state index < -0.39 is 0 Å². The molecular formula is C17H13N3. The molecule has 3 nitrogen and oxygen atoms in total. The van der Waals surface area contributed by atoms with Crippen LogP contribution < -0.4 is 0 Å². The van der Waals surface area contributed by atoms with E-state index in [9.17, 15) is 0 Å². The van der Waals surface area contributed by atoms with Crippen LogP contribution in [0.3, 0.4) is 0 Å². The number of H-pyrrole nitrogens is 1. The van der Waals surface area contributed by atoms with Gasteiger partial charge in [-0.3, -0.25) is 4.98 Å². The summed E-state index contributed by atoms with van der Waals surface area (Å²) in [6, 6.07) is 14.6. The molecule has 0 bridgehead atoms. The maximum absolute atomic E-state index is 4.52. The molecule has 0 spiro atoms. The topological polar surface area (TPSA) is 41.6 Å². The first kappa shape index (κ1) is 11.2. The van der Waals surface area contributed by atoms with Crippen molar-refractivity contribution >= 4 is 21.9 Å². The lowest BCUT2D eigenvalue weighted by atomic mass is 10.0. The molecule has 0 unspecified atom stereocenters. The third kappa shape index (κ3) is 1.67. The molecular weight excluding hydrogens is 246 g/mol. The Morgan fingerprint density at radius 1 is 1.05 bits per heavy atom. The SMILES string of the molecule is Cc1ccc2c(-c3ccc4ncccc4c3)c[nH]c2n1. The van der Waals surface area contributed by atoms with Gasteiger partial charge in [0.25, 0.3) is 0 Å². The van der Waals surface area contributed by atoms with Crippen molar-refractivity contribution in [2.24, 2.45) is 0 Å². The standard InChI is InChI=1S/C17H13N3/c1-11-4-6-14-15(10-19-17(14)20-11)12-5-7-16-13(9-12)3-2-8-18-16/h2-10H,1H3,(H,19,20). The van der Waals surface area contributed by atoms with Gasteiger partial charge in [0.1, 0.15) is 5.65 Å². The quantitative estimate of drug-likeness (QED) is 0.559. The number of aryl methyl sites for hydroxylation is 1. The van der Waals surface area contributed by atoms with E-state index in [1.165, 1.54) is 11.1 Å². The van der Waals surface area contributed by atoms with E-state index in [1.807, 2.05) is 31.5 Å². The summed E-state index contributed by atoms with van der Waals surface area (Å²) in [6.45, 7) is 2.00. The zero-order chi connectivity index (χ0) is 13.5. The fourth-order valence-corrected chi connectivity index (χ4v) is 2.58. The molecule has 0 aliphatic carbocycles. The average molecular weight is 259 g/mol. The monoisotopic (exact) mass is 259 g/mol. The number of pyridine rings is 2. The van der Waals surface area contributed by atoms with Gasteiger partial charge in [0, 0.05) is 34.4 Å². The van der Waals surface area contributed by atoms with Crippen molar-refractivity contribution in [3.63, 3.8) is 0 Å². The van der Waals surface area contributed by atoms with Crippen molar-refractivity contribution in [1.29, 1.82) is 0 Å². The fourth-order valence-electron chi connectivity index (χ4n) is 2.58. The highest BCUT2D eigenvalue weighted by molar-refractivity contribution is 5.96.